The molecule has 2 atom stereocenters. The lowest BCUT2D eigenvalue weighted by atomic mass is 9.89. The van der Waals surface area contributed by atoms with Crippen LogP contribution in [0, 0.1) is 0 Å². The lowest BCUT2D eigenvalue weighted by molar-refractivity contribution is -0.0254. The van der Waals surface area contributed by atoms with Gasteiger partial charge in [0.25, 0.3) is 0 Å². The van der Waals surface area contributed by atoms with Gasteiger partial charge in [-0.1, -0.05) is 0 Å². The number of aliphatic hydroxyl groups is 1. The molecule has 3 aliphatic rings. The monoisotopic (exact) mass is 451 g/mol. The van der Waals surface area contributed by atoms with Crippen molar-refractivity contribution in [3.63, 3.8) is 0 Å². The Morgan fingerprint density at radius 3 is 1.97 bits per heavy atom. The molecule has 0 amide bonds. The van der Waals surface area contributed by atoms with E-state index in [9.17, 15) is 5.11 Å². The molecule has 0 saturated carbocycles. The Morgan fingerprint density at radius 1 is 0.750 bits per heavy atom. The zero-order valence-electron chi connectivity index (χ0n) is 22.3. The van der Waals surface area contributed by atoms with Crippen LogP contribution < -0.4 is 0 Å². The Labute approximate surface area is 198 Å². The molecule has 32 heavy (non-hydrogen) atoms. The zero-order valence-corrected chi connectivity index (χ0v) is 22.3. The fraction of sp³-hybridized carbons (Fsp3) is 1.00. The van der Waals surface area contributed by atoms with Crippen LogP contribution in [-0.4, -0.2) is 94.0 Å². The van der Waals surface area contributed by atoms with Gasteiger partial charge in [0, 0.05) is 41.8 Å². The van der Waals surface area contributed by atoms with Gasteiger partial charge in [-0.3, -0.25) is 14.7 Å². The van der Waals surface area contributed by atoms with Crippen molar-refractivity contribution in [3.8, 4) is 0 Å². The van der Waals surface area contributed by atoms with E-state index < -0.39 is 0 Å². The molecule has 0 aromatic heterocycles. The van der Waals surface area contributed by atoms with Gasteiger partial charge in [0.05, 0.1) is 19.3 Å². The molecule has 1 N–H and O–H groups in total. The van der Waals surface area contributed by atoms with E-state index in [1.807, 2.05) is 0 Å². The van der Waals surface area contributed by atoms with Crippen LogP contribution in [-0.2, 0) is 4.74 Å². The molecule has 5 heteroatoms. The van der Waals surface area contributed by atoms with Crippen LogP contribution in [0.2, 0.25) is 0 Å². The first-order chi connectivity index (χ1) is 14.9. The van der Waals surface area contributed by atoms with Gasteiger partial charge in [0.15, 0.2) is 0 Å². The molecule has 3 saturated heterocycles. The molecular formula is C27H53N3O2. The maximum atomic E-state index is 9.87. The maximum absolute atomic E-state index is 9.87. The summed E-state index contributed by atoms with van der Waals surface area (Å²) >= 11 is 0. The summed E-state index contributed by atoms with van der Waals surface area (Å²) in [6, 6.07) is 1.24. The molecular weight excluding hydrogens is 398 g/mol. The first kappa shape index (κ1) is 26.4. The number of ether oxygens (including phenoxy) is 1. The predicted octanol–water partition coefficient (Wildman–Crippen LogP) is 4.52. The summed E-state index contributed by atoms with van der Waals surface area (Å²) in [6.45, 7) is 22.8. The number of hydrogen-bond donors (Lipinski definition) is 1. The zero-order chi connectivity index (χ0) is 23.6. The van der Waals surface area contributed by atoms with Gasteiger partial charge < -0.3 is 9.84 Å². The second-order valence-electron chi connectivity index (χ2n) is 13.0. The fourth-order valence-electron chi connectivity index (χ4n) is 6.50. The molecule has 3 rings (SSSR count). The third-order valence-corrected chi connectivity index (χ3v) is 8.57. The van der Waals surface area contributed by atoms with Gasteiger partial charge in [-0.15, -0.1) is 0 Å². The van der Waals surface area contributed by atoms with Crippen molar-refractivity contribution in [1.82, 2.24) is 14.7 Å². The highest BCUT2D eigenvalue weighted by Gasteiger charge is 2.39. The minimum Gasteiger partial charge on any atom is -0.393 e. The van der Waals surface area contributed by atoms with Crippen LogP contribution in [0.3, 0.4) is 0 Å². The summed E-state index contributed by atoms with van der Waals surface area (Å²) in [6.07, 6.45) is 9.45. The Balaban J connectivity index is 1.48. The highest BCUT2D eigenvalue weighted by Crippen LogP contribution is 2.34. The third kappa shape index (κ3) is 6.69. The normalized spacial score (nSPS) is 28.1. The van der Waals surface area contributed by atoms with Crippen LogP contribution in [0.1, 0.15) is 99.8 Å². The van der Waals surface area contributed by atoms with E-state index in [1.54, 1.807) is 0 Å². The summed E-state index contributed by atoms with van der Waals surface area (Å²) in [4.78, 5) is 8.00. The third-order valence-electron chi connectivity index (χ3n) is 8.57. The molecule has 3 fully saturated rings. The summed E-state index contributed by atoms with van der Waals surface area (Å²) in [5.74, 6) is 0. The number of nitrogens with zero attached hydrogens (tertiary/aromatic N) is 3. The van der Waals surface area contributed by atoms with Crippen molar-refractivity contribution in [3.05, 3.63) is 0 Å². The van der Waals surface area contributed by atoms with E-state index >= 15 is 0 Å². The van der Waals surface area contributed by atoms with E-state index in [-0.39, 0.29) is 22.7 Å². The van der Waals surface area contributed by atoms with Crippen molar-refractivity contribution in [2.24, 2.45) is 0 Å². The van der Waals surface area contributed by atoms with Gasteiger partial charge in [-0.05, 0) is 113 Å². The van der Waals surface area contributed by atoms with Gasteiger partial charge >= 0.3 is 0 Å². The predicted molar refractivity (Wildman–Crippen MR) is 134 cm³/mol. The van der Waals surface area contributed by atoms with E-state index in [1.165, 1.54) is 51.6 Å². The Hall–Kier alpha value is -0.200. The fourth-order valence-corrected chi connectivity index (χ4v) is 6.50. The van der Waals surface area contributed by atoms with E-state index in [4.69, 9.17) is 4.74 Å². The van der Waals surface area contributed by atoms with Crippen LogP contribution in [0.5, 0.6) is 0 Å². The molecule has 188 valence electrons. The van der Waals surface area contributed by atoms with Gasteiger partial charge in [0.1, 0.15) is 0 Å². The molecule has 0 aromatic rings. The molecule has 0 aliphatic carbocycles. The van der Waals surface area contributed by atoms with E-state index in [2.05, 4.69) is 63.2 Å². The van der Waals surface area contributed by atoms with Crippen LogP contribution in [0.25, 0.3) is 0 Å². The minimum atomic E-state index is -0.0899. The van der Waals surface area contributed by atoms with Crippen molar-refractivity contribution >= 4 is 0 Å². The first-order valence-corrected chi connectivity index (χ1v) is 13.4. The summed E-state index contributed by atoms with van der Waals surface area (Å²) in [5.41, 5.74) is 0.541. The van der Waals surface area contributed by atoms with E-state index in [0.29, 0.717) is 12.1 Å². The number of piperidine rings is 1. The lowest BCUT2D eigenvalue weighted by Crippen LogP contribution is -2.52. The maximum Gasteiger partial charge on any atom is 0.0645 e. The average molecular weight is 452 g/mol. The SMILES string of the molecule is CC(C)(C)N1CCC[C@H]1COCC(C)(C)N1CCC[C@@H]1CCC(C)(C)N1CCC(O)CC1. The Bertz CT molecular complexity index is 578. The molecule has 5 nitrogen and oxygen atoms in total. The lowest BCUT2D eigenvalue weighted by Gasteiger charge is -2.44. The molecule has 3 heterocycles. The molecule has 0 unspecified atom stereocenters. The number of aliphatic hydroxyl groups excluding tert-OH is 1. The summed E-state index contributed by atoms with van der Waals surface area (Å²) < 4.78 is 6.40. The number of likely N-dealkylation sites (tertiary alicyclic amines) is 3. The minimum absolute atomic E-state index is 0.0890. The van der Waals surface area contributed by atoms with Crippen LogP contribution >= 0.6 is 0 Å². The molecule has 0 radical (unpaired) electrons. The van der Waals surface area contributed by atoms with Crippen molar-refractivity contribution < 1.29 is 9.84 Å². The number of hydrogen-bond acceptors (Lipinski definition) is 5. The van der Waals surface area contributed by atoms with Gasteiger partial charge in [-0.25, -0.2) is 0 Å². The quantitative estimate of drug-likeness (QED) is 0.558. The van der Waals surface area contributed by atoms with Crippen LogP contribution in [0.15, 0.2) is 0 Å². The Kier molecular flexibility index (Phi) is 8.75. The second-order valence-corrected chi connectivity index (χ2v) is 13.0. The van der Waals surface area contributed by atoms with Crippen molar-refractivity contribution in [2.45, 2.75) is 135 Å². The van der Waals surface area contributed by atoms with E-state index in [0.717, 1.165) is 39.1 Å². The highest BCUT2D eigenvalue weighted by atomic mass is 16.5. The van der Waals surface area contributed by atoms with Crippen molar-refractivity contribution in [2.75, 3.05) is 39.4 Å². The number of rotatable bonds is 9. The van der Waals surface area contributed by atoms with Gasteiger partial charge in [-0.2, -0.15) is 0 Å². The standard InChI is InChI=1S/C27H53N3O2/c1-25(2,3)29-16-9-11-23(29)20-32-21-27(6,7)30-17-8-10-22(30)12-15-26(4,5)28-18-13-24(31)14-19-28/h22-24,31H,8-21H2,1-7H3/t22-,23+/m1/s1. The average Bonchev–Trinajstić information content (AvgIpc) is 3.36. The molecule has 0 aromatic carbocycles. The molecule has 0 spiro atoms. The topological polar surface area (TPSA) is 39.2 Å². The van der Waals surface area contributed by atoms with Crippen LogP contribution in [0.4, 0.5) is 0 Å². The summed E-state index contributed by atoms with van der Waals surface area (Å²) in [5, 5.41) is 9.87. The second kappa shape index (κ2) is 10.6. The molecule has 0 bridgehead atoms. The van der Waals surface area contributed by atoms with Gasteiger partial charge in [0.2, 0.25) is 0 Å². The summed E-state index contributed by atoms with van der Waals surface area (Å²) in [7, 11) is 0. The first-order valence-electron chi connectivity index (χ1n) is 13.4. The highest BCUT2D eigenvalue weighted by molar-refractivity contribution is 4.94. The Morgan fingerprint density at radius 2 is 1.34 bits per heavy atom. The molecule has 3 aliphatic heterocycles. The largest absolute Gasteiger partial charge is 0.393 e. The van der Waals surface area contributed by atoms with Crippen molar-refractivity contribution in [1.29, 1.82) is 0 Å². The smallest absolute Gasteiger partial charge is 0.0645 e.